The first kappa shape index (κ1) is 11.9. The summed E-state index contributed by atoms with van der Waals surface area (Å²) >= 11 is 5.93. The smallest absolute Gasteiger partial charge is 0.256 e. The lowest BCUT2D eigenvalue weighted by molar-refractivity contribution is -0.110. The summed E-state index contributed by atoms with van der Waals surface area (Å²) in [6.07, 6.45) is 1.53. The summed E-state index contributed by atoms with van der Waals surface area (Å²) in [6.45, 7) is 0. The second kappa shape index (κ2) is 4.52. The molecule has 1 aliphatic heterocycles. The Bertz CT molecular complexity index is 709. The molecule has 2 aromatic rings. The van der Waals surface area contributed by atoms with E-state index in [9.17, 15) is 9.18 Å². The van der Waals surface area contributed by atoms with Crippen molar-refractivity contribution in [2.45, 2.75) is 0 Å². The molecule has 0 bridgehead atoms. The topological polar surface area (TPSA) is 29.1 Å². The van der Waals surface area contributed by atoms with Gasteiger partial charge in [-0.1, -0.05) is 29.8 Å². The molecule has 1 heterocycles. The van der Waals surface area contributed by atoms with Gasteiger partial charge < -0.3 is 5.32 Å². The van der Waals surface area contributed by atoms with E-state index in [-0.39, 0.29) is 11.7 Å². The highest BCUT2D eigenvalue weighted by Gasteiger charge is 2.24. The largest absolute Gasteiger partial charge is 0.321 e. The van der Waals surface area contributed by atoms with E-state index in [2.05, 4.69) is 5.32 Å². The Morgan fingerprint density at radius 3 is 2.74 bits per heavy atom. The van der Waals surface area contributed by atoms with Crippen LogP contribution in [0, 0.1) is 5.82 Å². The van der Waals surface area contributed by atoms with E-state index in [1.54, 1.807) is 36.4 Å². The van der Waals surface area contributed by atoms with E-state index in [1.165, 1.54) is 12.1 Å². The van der Waals surface area contributed by atoms with Crippen molar-refractivity contribution in [3.05, 3.63) is 64.4 Å². The zero-order valence-corrected chi connectivity index (χ0v) is 10.5. The van der Waals surface area contributed by atoms with Crippen molar-refractivity contribution in [1.29, 1.82) is 0 Å². The van der Waals surface area contributed by atoms with Crippen LogP contribution >= 0.6 is 11.6 Å². The van der Waals surface area contributed by atoms with E-state index in [0.29, 0.717) is 27.4 Å². The number of benzene rings is 2. The number of carbonyl (C=O) groups is 1. The van der Waals surface area contributed by atoms with Gasteiger partial charge in [-0.3, -0.25) is 4.79 Å². The van der Waals surface area contributed by atoms with E-state index in [1.807, 2.05) is 0 Å². The number of carbonyl (C=O) groups excluding carboxylic acids is 1. The zero-order valence-electron chi connectivity index (χ0n) is 9.78. The van der Waals surface area contributed by atoms with Gasteiger partial charge in [0, 0.05) is 27.4 Å². The lowest BCUT2D eigenvalue weighted by Crippen LogP contribution is -2.03. The molecule has 1 N–H and O–H groups in total. The van der Waals surface area contributed by atoms with Crippen molar-refractivity contribution in [3.63, 3.8) is 0 Å². The average molecular weight is 274 g/mol. The number of fused-ring (bicyclic) bond motifs is 1. The highest BCUT2D eigenvalue weighted by atomic mass is 35.5. The summed E-state index contributed by atoms with van der Waals surface area (Å²) in [5, 5.41) is 3.26. The maximum Gasteiger partial charge on any atom is 0.256 e. The minimum atomic E-state index is -0.363. The van der Waals surface area contributed by atoms with Gasteiger partial charge in [0.1, 0.15) is 5.82 Å². The minimum absolute atomic E-state index is 0.250. The van der Waals surface area contributed by atoms with Gasteiger partial charge in [-0.25, -0.2) is 4.39 Å². The predicted octanol–water partition coefficient (Wildman–Crippen LogP) is 3.97. The maximum atomic E-state index is 13.6. The zero-order chi connectivity index (χ0) is 13.4. The molecule has 1 amide bonds. The van der Waals surface area contributed by atoms with Gasteiger partial charge in [0.15, 0.2) is 0 Å². The van der Waals surface area contributed by atoms with Crippen LogP contribution in [0.1, 0.15) is 11.1 Å². The van der Waals surface area contributed by atoms with E-state index in [0.717, 1.165) is 0 Å². The van der Waals surface area contributed by atoms with Gasteiger partial charge in [0.05, 0.1) is 0 Å². The highest BCUT2D eigenvalue weighted by molar-refractivity contribution is 6.36. The molecule has 0 spiro atoms. The Hall–Kier alpha value is -2.13. The summed E-state index contributed by atoms with van der Waals surface area (Å²) in [5.41, 5.74) is 2.18. The fourth-order valence-corrected chi connectivity index (χ4v) is 2.22. The van der Waals surface area contributed by atoms with Crippen LogP contribution in [0.15, 0.2) is 42.5 Å². The number of anilines is 1. The van der Waals surface area contributed by atoms with Gasteiger partial charge in [-0.2, -0.15) is 0 Å². The minimum Gasteiger partial charge on any atom is -0.321 e. The van der Waals surface area contributed by atoms with Crippen LogP contribution in [0.3, 0.4) is 0 Å². The van der Waals surface area contributed by atoms with E-state index >= 15 is 0 Å². The third kappa shape index (κ3) is 2.13. The van der Waals surface area contributed by atoms with Crippen LogP contribution in [0.2, 0.25) is 5.02 Å². The molecule has 0 fully saturated rings. The Balaban J connectivity index is 2.14. The fourth-order valence-electron chi connectivity index (χ4n) is 2.05. The predicted molar refractivity (Wildman–Crippen MR) is 74.4 cm³/mol. The monoisotopic (exact) mass is 273 g/mol. The Morgan fingerprint density at radius 1 is 1.16 bits per heavy atom. The van der Waals surface area contributed by atoms with Crippen LogP contribution in [0.5, 0.6) is 0 Å². The molecule has 0 aliphatic carbocycles. The second-order valence-electron chi connectivity index (χ2n) is 4.22. The molecule has 0 atom stereocenters. The molecule has 0 saturated heterocycles. The van der Waals surface area contributed by atoms with Crippen LogP contribution in [0.25, 0.3) is 11.6 Å². The van der Waals surface area contributed by atoms with Crippen molar-refractivity contribution in [3.8, 4) is 0 Å². The van der Waals surface area contributed by atoms with E-state index < -0.39 is 0 Å². The molecular weight excluding hydrogens is 265 g/mol. The molecule has 2 nitrogen and oxygen atoms in total. The van der Waals surface area contributed by atoms with Crippen molar-refractivity contribution < 1.29 is 9.18 Å². The van der Waals surface area contributed by atoms with Crippen molar-refractivity contribution >= 4 is 34.8 Å². The van der Waals surface area contributed by atoms with Crippen LogP contribution in [0.4, 0.5) is 10.1 Å². The van der Waals surface area contributed by atoms with Gasteiger partial charge >= 0.3 is 0 Å². The molecule has 4 heteroatoms. The van der Waals surface area contributed by atoms with Crippen molar-refractivity contribution in [2.75, 3.05) is 5.32 Å². The first-order valence-electron chi connectivity index (χ1n) is 5.72. The normalized spacial score (nSPS) is 15.5. The highest BCUT2D eigenvalue weighted by Crippen LogP contribution is 2.35. The summed E-state index contributed by atoms with van der Waals surface area (Å²) < 4.78 is 13.6. The molecule has 2 aromatic carbocycles. The quantitative estimate of drug-likeness (QED) is 0.783. The summed E-state index contributed by atoms with van der Waals surface area (Å²) in [7, 11) is 0. The lowest BCUT2D eigenvalue weighted by Gasteiger charge is -2.00. The summed E-state index contributed by atoms with van der Waals surface area (Å²) in [4.78, 5) is 11.9. The Kier molecular flexibility index (Phi) is 2.84. The first-order chi connectivity index (χ1) is 9.15. The number of hydrogen-bond acceptors (Lipinski definition) is 1. The fraction of sp³-hybridized carbons (Fsp3) is 0. The Morgan fingerprint density at radius 2 is 1.95 bits per heavy atom. The van der Waals surface area contributed by atoms with Crippen LogP contribution in [-0.2, 0) is 4.79 Å². The molecule has 94 valence electrons. The van der Waals surface area contributed by atoms with Crippen LogP contribution in [-0.4, -0.2) is 5.91 Å². The number of nitrogens with one attached hydrogen (secondary N) is 1. The number of amides is 1. The second-order valence-corrected chi connectivity index (χ2v) is 4.66. The van der Waals surface area contributed by atoms with Crippen molar-refractivity contribution in [2.24, 2.45) is 0 Å². The molecule has 0 aromatic heterocycles. The lowest BCUT2D eigenvalue weighted by atomic mass is 10.0. The van der Waals surface area contributed by atoms with E-state index in [4.69, 9.17) is 11.6 Å². The molecule has 19 heavy (non-hydrogen) atoms. The molecular formula is C15H9ClFNO. The van der Waals surface area contributed by atoms with Crippen LogP contribution < -0.4 is 5.32 Å². The molecule has 3 rings (SSSR count). The first-order valence-corrected chi connectivity index (χ1v) is 6.10. The third-order valence-electron chi connectivity index (χ3n) is 2.97. The third-order valence-corrected chi connectivity index (χ3v) is 3.20. The standard InChI is InChI=1S/C15H9ClFNO/c16-10-5-6-14-11(8-10)12(15(19)18-14)7-9-3-1-2-4-13(9)17/h1-8H,(H,18,19)/b12-7-. The van der Waals surface area contributed by atoms with Gasteiger partial charge in [-0.05, 0) is 30.3 Å². The van der Waals surface area contributed by atoms with Gasteiger partial charge in [0.2, 0.25) is 0 Å². The SMILES string of the molecule is O=C1Nc2ccc(Cl)cc2/C1=C/c1ccccc1F. The molecule has 1 aliphatic rings. The summed E-state index contributed by atoms with van der Waals surface area (Å²) in [5.74, 6) is -0.612. The number of rotatable bonds is 1. The molecule has 0 saturated carbocycles. The molecule has 0 unspecified atom stereocenters. The number of halogens is 2. The van der Waals surface area contributed by atoms with Gasteiger partial charge in [-0.15, -0.1) is 0 Å². The molecule has 0 radical (unpaired) electrons. The average Bonchev–Trinajstić information content (AvgIpc) is 2.69. The Labute approximate surface area is 114 Å². The number of hydrogen-bond donors (Lipinski definition) is 1. The van der Waals surface area contributed by atoms with Crippen molar-refractivity contribution in [1.82, 2.24) is 0 Å². The maximum absolute atomic E-state index is 13.6. The summed E-state index contributed by atoms with van der Waals surface area (Å²) in [6, 6.07) is 11.4. The van der Waals surface area contributed by atoms with Gasteiger partial charge in [0.25, 0.3) is 5.91 Å².